The molecule has 0 amide bonds. The molecule has 0 aromatic heterocycles. The molecule has 0 aromatic rings. The van der Waals surface area contributed by atoms with Gasteiger partial charge in [0.15, 0.2) is 0 Å². The standard InChI is InChI=1S/C22H36O4/c1-14(11-12-26-16(3)23)7-9-17-15(2)8-10-19-21(4,5)20(25)18(24)13-22(17,19)6/h8,11,17-20,24-25H,7,9-10,12-13H2,1-6H3/b14-11+/t17-,18+,19-,20+,22+/m1/s1. The highest BCUT2D eigenvalue weighted by Crippen LogP contribution is 2.60. The molecule has 1 fully saturated rings. The topological polar surface area (TPSA) is 66.8 Å². The number of fused-ring (bicyclic) bond motifs is 1. The highest BCUT2D eigenvalue weighted by atomic mass is 16.5. The highest BCUT2D eigenvalue weighted by Gasteiger charge is 2.57. The van der Waals surface area contributed by atoms with Crippen LogP contribution in [0.1, 0.15) is 67.2 Å². The van der Waals surface area contributed by atoms with E-state index in [1.54, 1.807) is 0 Å². The molecule has 1 saturated carbocycles. The van der Waals surface area contributed by atoms with Gasteiger partial charge in [-0.2, -0.15) is 0 Å². The number of aliphatic hydroxyl groups is 2. The van der Waals surface area contributed by atoms with Gasteiger partial charge in [0, 0.05) is 6.92 Å². The van der Waals surface area contributed by atoms with Gasteiger partial charge >= 0.3 is 5.97 Å². The average molecular weight is 365 g/mol. The second-order valence-corrected chi connectivity index (χ2v) is 9.22. The lowest BCUT2D eigenvalue weighted by atomic mass is 9.47. The zero-order valence-corrected chi connectivity index (χ0v) is 17.2. The molecule has 0 heterocycles. The number of hydrogen-bond acceptors (Lipinski definition) is 4. The summed E-state index contributed by atoms with van der Waals surface area (Å²) in [7, 11) is 0. The van der Waals surface area contributed by atoms with Gasteiger partial charge in [0.05, 0.1) is 12.2 Å². The quantitative estimate of drug-likeness (QED) is 0.571. The van der Waals surface area contributed by atoms with Crippen molar-refractivity contribution < 1.29 is 19.7 Å². The Morgan fingerprint density at radius 2 is 1.96 bits per heavy atom. The van der Waals surface area contributed by atoms with Crippen LogP contribution < -0.4 is 0 Å². The summed E-state index contributed by atoms with van der Waals surface area (Å²) in [5.41, 5.74) is 2.30. The molecule has 0 unspecified atom stereocenters. The fourth-order valence-corrected chi connectivity index (χ4v) is 5.51. The van der Waals surface area contributed by atoms with Gasteiger partial charge in [-0.15, -0.1) is 0 Å². The van der Waals surface area contributed by atoms with Crippen molar-refractivity contribution in [3.05, 3.63) is 23.3 Å². The second-order valence-electron chi connectivity index (χ2n) is 9.22. The summed E-state index contributed by atoms with van der Waals surface area (Å²) < 4.78 is 5.00. The van der Waals surface area contributed by atoms with E-state index in [9.17, 15) is 15.0 Å². The first-order valence-electron chi connectivity index (χ1n) is 9.82. The Kier molecular flexibility index (Phi) is 6.40. The number of allylic oxidation sites excluding steroid dienone is 3. The number of esters is 1. The van der Waals surface area contributed by atoms with E-state index in [4.69, 9.17) is 4.74 Å². The van der Waals surface area contributed by atoms with E-state index in [0.717, 1.165) is 19.3 Å². The Labute approximate surface area is 158 Å². The van der Waals surface area contributed by atoms with E-state index in [0.29, 0.717) is 24.9 Å². The van der Waals surface area contributed by atoms with Crippen LogP contribution in [0.4, 0.5) is 0 Å². The first-order chi connectivity index (χ1) is 12.0. The average Bonchev–Trinajstić information content (AvgIpc) is 2.51. The molecule has 148 valence electrons. The van der Waals surface area contributed by atoms with Gasteiger partial charge < -0.3 is 14.9 Å². The number of carbonyl (C=O) groups excluding carboxylic acids is 1. The van der Waals surface area contributed by atoms with E-state index in [-0.39, 0.29) is 16.8 Å². The van der Waals surface area contributed by atoms with E-state index in [2.05, 4.69) is 40.7 Å². The summed E-state index contributed by atoms with van der Waals surface area (Å²) in [5.74, 6) is 0.486. The third-order valence-corrected chi connectivity index (χ3v) is 7.04. The summed E-state index contributed by atoms with van der Waals surface area (Å²) in [4.78, 5) is 10.9. The monoisotopic (exact) mass is 364 g/mol. The van der Waals surface area contributed by atoms with E-state index in [1.807, 2.05) is 6.08 Å². The van der Waals surface area contributed by atoms with Crippen LogP contribution in [-0.4, -0.2) is 35.0 Å². The fraction of sp³-hybridized carbons (Fsp3) is 0.773. The Hall–Kier alpha value is -1.13. The van der Waals surface area contributed by atoms with Crippen molar-refractivity contribution in [2.75, 3.05) is 6.61 Å². The van der Waals surface area contributed by atoms with Crippen molar-refractivity contribution >= 4 is 5.97 Å². The van der Waals surface area contributed by atoms with Gasteiger partial charge in [-0.25, -0.2) is 0 Å². The zero-order chi connectivity index (χ0) is 19.7. The second kappa shape index (κ2) is 7.85. The lowest BCUT2D eigenvalue weighted by Gasteiger charge is -2.59. The summed E-state index contributed by atoms with van der Waals surface area (Å²) in [6, 6.07) is 0. The van der Waals surface area contributed by atoms with E-state index >= 15 is 0 Å². The van der Waals surface area contributed by atoms with Crippen molar-refractivity contribution in [1.29, 1.82) is 0 Å². The van der Waals surface area contributed by atoms with Gasteiger partial charge in [-0.1, -0.05) is 38.0 Å². The Morgan fingerprint density at radius 1 is 1.31 bits per heavy atom. The van der Waals surface area contributed by atoms with Crippen LogP contribution in [0.5, 0.6) is 0 Å². The van der Waals surface area contributed by atoms with Crippen molar-refractivity contribution in [2.45, 2.75) is 79.4 Å². The van der Waals surface area contributed by atoms with Crippen molar-refractivity contribution in [1.82, 2.24) is 0 Å². The van der Waals surface area contributed by atoms with E-state index in [1.165, 1.54) is 18.1 Å². The zero-order valence-electron chi connectivity index (χ0n) is 17.2. The largest absolute Gasteiger partial charge is 0.462 e. The lowest BCUT2D eigenvalue weighted by molar-refractivity contribution is -0.174. The molecule has 5 atom stereocenters. The van der Waals surface area contributed by atoms with Gasteiger partial charge in [-0.3, -0.25) is 4.79 Å². The maximum absolute atomic E-state index is 10.9. The van der Waals surface area contributed by atoms with Crippen LogP contribution in [0.25, 0.3) is 0 Å². The molecule has 0 spiro atoms. The predicted molar refractivity (Wildman–Crippen MR) is 103 cm³/mol. The molecule has 2 aliphatic carbocycles. The minimum absolute atomic E-state index is 0.0167. The third kappa shape index (κ3) is 4.07. The maximum atomic E-state index is 10.9. The van der Waals surface area contributed by atoms with Crippen LogP contribution >= 0.6 is 0 Å². The Morgan fingerprint density at radius 3 is 2.58 bits per heavy atom. The molecule has 0 saturated heterocycles. The number of hydrogen-bond donors (Lipinski definition) is 2. The summed E-state index contributed by atoms with van der Waals surface area (Å²) in [5, 5.41) is 21.1. The van der Waals surface area contributed by atoms with Crippen LogP contribution in [0.2, 0.25) is 0 Å². The Bertz CT molecular complexity index is 589. The predicted octanol–water partition coefficient (Wildman–Crippen LogP) is 4.02. The molecule has 2 N–H and O–H groups in total. The highest BCUT2D eigenvalue weighted by molar-refractivity contribution is 5.66. The molecular weight excluding hydrogens is 328 g/mol. The summed E-state index contributed by atoms with van der Waals surface area (Å²) in [6.45, 7) is 12.5. The third-order valence-electron chi connectivity index (χ3n) is 7.04. The van der Waals surface area contributed by atoms with Crippen molar-refractivity contribution in [2.24, 2.45) is 22.7 Å². The van der Waals surface area contributed by atoms with Gasteiger partial charge in [0.2, 0.25) is 0 Å². The van der Waals surface area contributed by atoms with Crippen LogP contribution in [0.3, 0.4) is 0 Å². The SMILES string of the molecule is CC(=O)OC/C=C(\C)CC[C@@H]1C(C)=CC[C@@H]2C(C)(C)[C@@H](O)[C@@H](O)C[C@@]12C. The molecule has 26 heavy (non-hydrogen) atoms. The molecule has 2 aliphatic rings. The van der Waals surface area contributed by atoms with Crippen LogP contribution in [0, 0.1) is 22.7 Å². The summed E-state index contributed by atoms with van der Waals surface area (Å²) in [6.07, 6.45) is 6.55. The minimum atomic E-state index is -0.668. The molecule has 4 nitrogen and oxygen atoms in total. The van der Waals surface area contributed by atoms with Gasteiger partial charge in [-0.05, 0) is 68.3 Å². The number of carbonyl (C=O) groups is 1. The Balaban J connectivity index is 2.16. The van der Waals surface area contributed by atoms with E-state index < -0.39 is 12.2 Å². The smallest absolute Gasteiger partial charge is 0.302 e. The number of aliphatic hydroxyl groups excluding tert-OH is 2. The van der Waals surface area contributed by atoms with Crippen molar-refractivity contribution in [3.63, 3.8) is 0 Å². The summed E-state index contributed by atoms with van der Waals surface area (Å²) >= 11 is 0. The van der Waals surface area contributed by atoms with Gasteiger partial charge in [0.1, 0.15) is 6.61 Å². The molecule has 0 bridgehead atoms. The molecule has 4 heteroatoms. The van der Waals surface area contributed by atoms with Crippen LogP contribution in [-0.2, 0) is 9.53 Å². The van der Waals surface area contributed by atoms with Gasteiger partial charge in [0.25, 0.3) is 0 Å². The number of rotatable bonds is 5. The van der Waals surface area contributed by atoms with Crippen molar-refractivity contribution in [3.8, 4) is 0 Å². The normalized spacial score (nSPS) is 36.9. The molecule has 0 aromatic carbocycles. The lowest BCUT2D eigenvalue weighted by Crippen LogP contribution is -2.59. The minimum Gasteiger partial charge on any atom is -0.462 e. The molecule has 2 rings (SSSR count). The maximum Gasteiger partial charge on any atom is 0.302 e. The fourth-order valence-electron chi connectivity index (χ4n) is 5.51. The molecular formula is C22H36O4. The first-order valence-corrected chi connectivity index (χ1v) is 9.82. The number of ether oxygens (including phenoxy) is 1. The molecule has 0 aliphatic heterocycles. The first kappa shape index (κ1) is 21.2. The van der Waals surface area contributed by atoms with Crippen LogP contribution in [0.15, 0.2) is 23.3 Å². The molecule has 0 radical (unpaired) electrons.